The number of aliphatic imine (C=N–C) groups is 2. The van der Waals surface area contributed by atoms with Crippen LogP contribution in [-0.2, 0) is 16.0 Å². The minimum absolute atomic E-state index is 0.00327. The maximum Gasteiger partial charge on any atom is 0.339 e. The van der Waals surface area contributed by atoms with Gasteiger partial charge in [-0.05, 0) is 65.0 Å². The third-order valence-corrected chi connectivity index (χ3v) is 7.47. The Morgan fingerprint density at radius 2 is 2.00 bits per heavy atom. The molecule has 2 aliphatic rings. The van der Waals surface area contributed by atoms with Crippen LogP contribution in [0.15, 0.2) is 49.7 Å². The number of nitrogens with one attached hydrogen (secondary N) is 1. The van der Waals surface area contributed by atoms with E-state index in [1.165, 1.54) is 11.1 Å². The van der Waals surface area contributed by atoms with Gasteiger partial charge in [-0.15, -0.1) is 0 Å². The van der Waals surface area contributed by atoms with Crippen LogP contribution in [0.1, 0.15) is 38.3 Å². The Labute approximate surface area is 226 Å². The van der Waals surface area contributed by atoms with Crippen molar-refractivity contribution >= 4 is 47.1 Å². The molecule has 206 valence electrons. The summed E-state index contributed by atoms with van der Waals surface area (Å²) in [5.41, 5.74) is 0.952. The molecule has 1 aromatic carbocycles. The van der Waals surface area contributed by atoms with E-state index in [1.807, 2.05) is 25.1 Å². The van der Waals surface area contributed by atoms with Gasteiger partial charge < -0.3 is 19.5 Å². The number of carbonyl (C=O) groups is 3. The topological polar surface area (TPSA) is 128 Å². The Bertz CT molecular complexity index is 1440. The highest BCUT2D eigenvalue weighted by Gasteiger charge is 2.55. The van der Waals surface area contributed by atoms with E-state index in [-0.39, 0.29) is 38.3 Å². The molecule has 1 aromatic heterocycles. The number of anilines is 1. The molecule has 39 heavy (non-hydrogen) atoms. The van der Waals surface area contributed by atoms with Gasteiger partial charge in [-0.2, -0.15) is 0 Å². The number of benzene rings is 1. The number of carbonyl (C=O) groups excluding carboxylic acids is 3. The SMILES string of the molecule is C=N/C(=N\C=C/C)C(=O)N1CCC2(C1)NC(=O)N(CCc1c(C)c3ccc(N(CC)CC)cc3oc1=O)C2=O. The molecule has 2 saturated heterocycles. The van der Waals surface area contributed by atoms with E-state index in [0.29, 0.717) is 11.1 Å². The molecular weight excluding hydrogens is 500 g/mol. The van der Waals surface area contributed by atoms with Crippen LogP contribution < -0.4 is 15.8 Å². The zero-order valence-electron chi connectivity index (χ0n) is 22.8. The first kappa shape index (κ1) is 27.7. The summed E-state index contributed by atoms with van der Waals surface area (Å²) in [6.07, 6.45) is 3.51. The zero-order valence-corrected chi connectivity index (χ0v) is 22.8. The summed E-state index contributed by atoms with van der Waals surface area (Å²) in [7, 11) is 0. The Morgan fingerprint density at radius 3 is 2.67 bits per heavy atom. The van der Waals surface area contributed by atoms with Crippen LogP contribution in [0.25, 0.3) is 11.0 Å². The van der Waals surface area contributed by atoms with Gasteiger partial charge in [-0.25, -0.2) is 19.6 Å². The van der Waals surface area contributed by atoms with E-state index in [0.717, 1.165) is 34.6 Å². The van der Waals surface area contributed by atoms with Crippen LogP contribution in [0.5, 0.6) is 0 Å². The van der Waals surface area contributed by atoms with E-state index in [2.05, 4.69) is 40.8 Å². The number of urea groups is 1. The van der Waals surface area contributed by atoms with E-state index >= 15 is 0 Å². The molecule has 11 nitrogen and oxygen atoms in total. The fourth-order valence-electron chi connectivity index (χ4n) is 5.27. The highest BCUT2D eigenvalue weighted by atomic mass is 16.4. The first-order valence-corrected chi connectivity index (χ1v) is 13.1. The highest BCUT2D eigenvalue weighted by molar-refractivity contribution is 6.39. The van der Waals surface area contributed by atoms with Crippen molar-refractivity contribution in [1.29, 1.82) is 0 Å². The van der Waals surface area contributed by atoms with Crippen LogP contribution in [0.2, 0.25) is 0 Å². The van der Waals surface area contributed by atoms with Crippen molar-refractivity contribution in [1.82, 2.24) is 15.1 Å². The summed E-state index contributed by atoms with van der Waals surface area (Å²) in [6.45, 7) is 13.1. The van der Waals surface area contributed by atoms with Crippen molar-refractivity contribution in [3.8, 4) is 0 Å². The lowest BCUT2D eigenvalue weighted by Crippen LogP contribution is -2.50. The highest BCUT2D eigenvalue weighted by Crippen LogP contribution is 2.30. The molecule has 1 spiro atoms. The first-order valence-electron chi connectivity index (χ1n) is 13.1. The quantitative estimate of drug-likeness (QED) is 0.252. The Balaban J connectivity index is 1.50. The summed E-state index contributed by atoms with van der Waals surface area (Å²) >= 11 is 0. The van der Waals surface area contributed by atoms with Gasteiger partial charge in [-0.3, -0.25) is 14.5 Å². The monoisotopic (exact) mass is 534 g/mol. The maximum absolute atomic E-state index is 13.4. The third-order valence-electron chi connectivity index (χ3n) is 7.47. The van der Waals surface area contributed by atoms with Gasteiger partial charge in [0.15, 0.2) is 0 Å². The van der Waals surface area contributed by atoms with Gasteiger partial charge in [0, 0.05) is 55.1 Å². The number of allylic oxidation sites excluding steroid dienone is 1. The van der Waals surface area contributed by atoms with Gasteiger partial charge >= 0.3 is 11.7 Å². The molecule has 2 fully saturated rings. The molecular formula is C28H34N6O5. The molecule has 0 aliphatic carbocycles. The summed E-state index contributed by atoms with van der Waals surface area (Å²) in [4.78, 5) is 64.4. The number of fused-ring (bicyclic) bond motifs is 1. The molecule has 2 aliphatic heterocycles. The van der Waals surface area contributed by atoms with Gasteiger partial charge in [0.05, 0.1) is 6.54 Å². The van der Waals surface area contributed by atoms with Gasteiger partial charge in [0.2, 0.25) is 5.84 Å². The standard InChI is InChI=1S/C28H34N6O5/c1-6-13-30-23(29-5)24(35)33-15-12-28(17-33)26(37)34(27(38)31-28)14-11-21-18(4)20-10-9-19(32(7-2)8-3)16-22(20)39-25(21)36/h6,9-10,13,16H,5,7-8,11-12,14-15,17H2,1-4H3,(H,31,38)/b13-6-,30-23-. The second-order valence-electron chi connectivity index (χ2n) is 9.63. The lowest BCUT2D eigenvalue weighted by atomic mass is 9.98. The molecule has 4 amide bonds. The van der Waals surface area contributed by atoms with E-state index in [9.17, 15) is 19.2 Å². The van der Waals surface area contributed by atoms with Gasteiger partial charge in [0.1, 0.15) is 11.1 Å². The predicted molar refractivity (Wildman–Crippen MR) is 150 cm³/mol. The van der Waals surface area contributed by atoms with Crippen molar-refractivity contribution in [2.75, 3.05) is 37.6 Å². The Morgan fingerprint density at radius 1 is 1.26 bits per heavy atom. The second-order valence-corrected chi connectivity index (χ2v) is 9.63. The van der Waals surface area contributed by atoms with Gasteiger partial charge in [0.25, 0.3) is 11.8 Å². The van der Waals surface area contributed by atoms with Crippen LogP contribution in [0.4, 0.5) is 10.5 Å². The summed E-state index contributed by atoms with van der Waals surface area (Å²) in [6, 6.07) is 5.25. The molecule has 4 rings (SSSR count). The summed E-state index contributed by atoms with van der Waals surface area (Å²) in [5, 5.41) is 3.58. The molecule has 1 N–H and O–H groups in total. The van der Waals surface area contributed by atoms with Gasteiger partial charge in [-0.1, -0.05) is 6.08 Å². The maximum atomic E-state index is 13.4. The van der Waals surface area contributed by atoms with Crippen molar-refractivity contribution in [2.24, 2.45) is 9.98 Å². The molecule has 1 unspecified atom stereocenters. The van der Waals surface area contributed by atoms with E-state index in [1.54, 1.807) is 13.0 Å². The van der Waals surface area contributed by atoms with E-state index in [4.69, 9.17) is 4.42 Å². The number of hydrogen-bond donors (Lipinski definition) is 1. The van der Waals surface area contributed by atoms with E-state index < -0.39 is 29.0 Å². The molecule has 0 saturated carbocycles. The average molecular weight is 535 g/mol. The molecule has 0 radical (unpaired) electrons. The minimum atomic E-state index is -1.22. The number of nitrogens with zero attached hydrogens (tertiary/aromatic N) is 5. The molecule has 3 heterocycles. The normalized spacial score (nSPS) is 19.5. The molecule has 1 atom stereocenters. The lowest BCUT2D eigenvalue weighted by Gasteiger charge is -2.22. The van der Waals surface area contributed by atoms with Crippen molar-refractivity contribution in [3.63, 3.8) is 0 Å². The smallest absolute Gasteiger partial charge is 0.339 e. The second kappa shape index (κ2) is 11.2. The largest absolute Gasteiger partial charge is 0.422 e. The third kappa shape index (κ3) is 5.08. The number of amidine groups is 1. The predicted octanol–water partition coefficient (Wildman–Crippen LogP) is 2.65. The average Bonchev–Trinajstić information content (AvgIpc) is 3.45. The van der Waals surface area contributed by atoms with Crippen molar-refractivity contribution in [3.05, 3.63) is 52.0 Å². The lowest BCUT2D eigenvalue weighted by molar-refractivity contribution is -0.131. The van der Waals surface area contributed by atoms with Crippen LogP contribution in [-0.4, -0.2) is 78.5 Å². The fourth-order valence-corrected chi connectivity index (χ4v) is 5.27. The number of amides is 4. The Hall–Kier alpha value is -4.28. The van der Waals surface area contributed by atoms with Crippen LogP contribution in [0, 0.1) is 6.92 Å². The number of rotatable bonds is 7. The summed E-state index contributed by atoms with van der Waals surface area (Å²) in [5.74, 6) is -0.969. The molecule has 11 heteroatoms. The fraction of sp³-hybridized carbons (Fsp3) is 0.429. The number of imide groups is 1. The minimum Gasteiger partial charge on any atom is -0.422 e. The van der Waals surface area contributed by atoms with Crippen LogP contribution in [0.3, 0.4) is 0 Å². The number of aryl methyl sites for hydroxylation is 1. The zero-order chi connectivity index (χ0) is 28.3. The number of hydrogen-bond acceptors (Lipinski definition) is 7. The molecule has 2 aromatic rings. The van der Waals surface area contributed by atoms with Crippen molar-refractivity contribution < 1.29 is 18.8 Å². The number of likely N-dealkylation sites (tertiary alicyclic amines) is 1. The summed E-state index contributed by atoms with van der Waals surface area (Å²) < 4.78 is 5.66. The molecule has 0 bridgehead atoms. The Kier molecular flexibility index (Phi) is 7.98. The van der Waals surface area contributed by atoms with Crippen molar-refractivity contribution in [2.45, 2.75) is 46.1 Å². The first-order chi connectivity index (χ1) is 18.7. The van der Waals surface area contributed by atoms with Crippen LogP contribution >= 0.6 is 0 Å².